The molecule has 10 heteroatoms. The van der Waals surface area contributed by atoms with Crippen LogP contribution in [0.15, 0.2) is 71.6 Å². The Hall–Kier alpha value is -3.33. The van der Waals surface area contributed by atoms with E-state index in [0.29, 0.717) is 22.0 Å². The minimum atomic E-state index is -0.478. The van der Waals surface area contributed by atoms with Crippen LogP contribution >= 0.6 is 35.0 Å². The average molecular weight is 501 g/mol. The molecule has 0 saturated carbocycles. The molecule has 0 unspecified atom stereocenters. The molecule has 0 N–H and O–H groups in total. The smallest absolute Gasteiger partial charge is 0.298 e. The van der Waals surface area contributed by atoms with Crippen LogP contribution in [0, 0.1) is 10.1 Å². The molecule has 1 saturated heterocycles. The number of hydrogen-bond donors (Lipinski definition) is 0. The molecule has 1 heterocycles. The van der Waals surface area contributed by atoms with Crippen molar-refractivity contribution >= 4 is 63.6 Å². The predicted molar refractivity (Wildman–Crippen MR) is 129 cm³/mol. The van der Waals surface area contributed by atoms with E-state index in [-0.39, 0.29) is 22.2 Å². The fourth-order valence-electron chi connectivity index (χ4n) is 3.06. The number of hydrogen-bond acceptors (Lipinski definition) is 6. The van der Waals surface area contributed by atoms with Gasteiger partial charge in [-0.3, -0.25) is 19.7 Å². The highest BCUT2D eigenvalue weighted by Gasteiger charge is 2.36. The first kappa shape index (κ1) is 22.8. The first-order valence-electron chi connectivity index (χ1n) is 9.51. The van der Waals surface area contributed by atoms with Gasteiger partial charge in [0.15, 0.2) is 0 Å². The van der Waals surface area contributed by atoms with Crippen LogP contribution in [0.4, 0.5) is 16.2 Å². The number of carbonyl (C=O) groups is 2. The third kappa shape index (κ3) is 5.03. The predicted octanol–water partition coefficient (Wildman–Crippen LogP) is 6.72. The number of benzene rings is 3. The average Bonchev–Trinajstić information content (AvgIpc) is 3.08. The topological polar surface area (TPSA) is 89.7 Å². The molecular formula is C23H14Cl2N2O5S. The van der Waals surface area contributed by atoms with Gasteiger partial charge in [0.25, 0.3) is 16.8 Å². The van der Waals surface area contributed by atoms with E-state index < -0.39 is 16.1 Å². The second-order valence-electron chi connectivity index (χ2n) is 6.87. The van der Waals surface area contributed by atoms with Gasteiger partial charge in [0.1, 0.15) is 12.4 Å². The lowest BCUT2D eigenvalue weighted by Gasteiger charge is -2.13. The number of nitrogens with zero attached hydrogens (tertiary/aromatic N) is 2. The highest BCUT2D eigenvalue weighted by atomic mass is 35.5. The maximum absolute atomic E-state index is 12.9. The maximum Gasteiger partial charge on any atom is 0.298 e. The first-order chi connectivity index (χ1) is 15.8. The van der Waals surface area contributed by atoms with E-state index in [4.69, 9.17) is 27.9 Å². The second-order valence-corrected chi connectivity index (χ2v) is 8.67. The summed E-state index contributed by atoms with van der Waals surface area (Å²) >= 11 is 12.8. The molecule has 3 aromatic rings. The number of carbonyl (C=O) groups excluding carboxylic acids is 2. The molecular weight excluding hydrogens is 487 g/mol. The summed E-state index contributed by atoms with van der Waals surface area (Å²) in [6.45, 7) is 0.174. The Bertz CT molecular complexity index is 1290. The number of imide groups is 1. The molecule has 1 fully saturated rings. The van der Waals surface area contributed by atoms with Crippen molar-refractivity contribution in [2.75, 3.05) is 4.90 Å². The molecule has 0 spiro atoms. The number of anilines is 1. The van der Waals surface area contributed by atoms with Gasteiger partial charge in [-0.25, -0.2) is 4.90 Å². The molecule has 4 rings (SSSR count). The van der Waals surface area contributed by atoms with Crippen LogP contribution in [0.1, 0.15) is 11.1 Å². The molecule has 2 amide bonds. The summed E-state index contributed by atoms with van der Waals surface area (Å²) in [5, 5.41) is 10.9. The fourth-order valence-corrected chi connectivity index (χ4v) is 4.19. The number of amides is 2. The summed E-state index contributed by atoms with van der Waals surface area (Å²) in [6, 6.07) is 17.6. The quantitative estimate of drug-likeness (QED) is 0.212. The Morgan fingerprint density at radius 2 is 1.73 bits per heavy atom. The van der Waals surface area contributed by atoms with Crippen LogP contribution < -0.4 is 9.64 Å². The maximum atomic E-state index is 12.9. The van der Waals surface area contributed by atoms with Crippen molar-refractivity contribution in [1.29, 1.82) is 0 Å². The van der Waals surface area contributed by atoms with Crippen molar-refractivity contribution in [2.45, 2.75) is 6.61 Å². The number of para-hydroxylation sites is 1. The monoisotopic (exact) mass is 500 g/mol. The summed E-state index contributed by atoms with van der Waals surface area (Å²) in [7, 11) is 0. The third-order valence-electron chi connectivity index (χ3n) is 4.70. The molecule has 1 aliphatic rings. The van der Waals surface area contributed by atoms with Gasteiger partial charge in [-0.1, -0.05) is 41.4 Å². The first-order valence-corrected chi connectivity index (χ1v) is 11.1. The number of non-ortho nitro benzene ring substituents is 1. The number of nitro groups is 1. The van der Waals surface area contributed by atoms with E-state index in [1.165, 1.54) is 24.3 Å². The van der Waals surface area contributed by atoms with Gasteiger partial charge < -0.3 is 4.74 Å². The van der Waals surface area contributed by atoms with E-state index in [1.807, 2.05) is 0 Å². The molecule has 166 valence electrons. The number of rotatable bonds is 6. The van der Waals surface area contributed by atoms with Gasteiger partial charge in [-0.15, -0.1) is 0 Å². The molecule has 3 aromatic carbocycles. The Morgan fingerprint density at radius 1 is 1.00 bits per heavy atom. The van der Waals surface area contributed by atoms with E-state index in [0.717, 1.165) is 22.2 Å². The number of nitro benzene ring substituents is 1. The van der Waals surface area contributed by atoms with Gasteiger partial charge in [0.2, 0.25) is 0 Å². The van der Waals surface area contributed by atoms with Crippen LogP contribution in [0.5, 0.6) is 5.75 Å². The van der Waals surface area contributed by atoms with Crippen molar-refractivity contribution in [3.05, 3.63) is 103 Å². The summed E-state index contributed by atoms with van der Waals surface area (Å²) in [6.07, 6.45) is 1.59. The largest absolute Gasteiger partial charge is 0.488 e. The van der Waals surface area contributed by atoms with E-state index >= 15 is 0 Å². The number of thioether (sulfide) groups is 1. The Balaban J connectivity index is 1.54. The molecule has 1 aliphatic heterocycles. The Labute approximate surface area is 202 Å². The minimum Gasteiger partial charge on any atom is -0.488 e. The van der Waals surface area contributed by atoms with E-state index in [1.54, 1.807) is 48.5 Å². The van der Waals surface area contributed by atoms with Gasteiger partial charge in [0.05, 0.1) is 25.6 Å². The third-order valence-corrected chi connectivity index (χ3v) is 6.31. The molecule has 0 atom stereocenters. The fraction of sp³-hybridized carbons (Fsp3) is 0.0435. The lowest BCUT2D eigenvalue weighted by molar-refractivity contribution is -0.384. The van der Waals surface area contributed by atoms with E-state index in [9.17, 15) is 19.7 Å². The Kier molecular flexibility index (Phi) is 6.69. The van der Waals surface area contributed by atoms with Crippen LogP contribution in [0.2, 0.25) is 10.0 Å². The zero-order chi connectivity index (χ0) is 23.5. The van der Waals surface area contributed by atoms with Crippen molar-refractivity contribution in [2.24, 2.45) is 0 Å². The molecule has 7 nitrogen and oxygen atoms in total. The molecule has 0 bridgehead atoms. The van der Waals surface area contributed by atoms with Crippen molar-refractivity contribution in [3.8, 4) is 5.75 Å². The van der Waals surface area contributed by atoms with Gasteiger partial charge in [-0.05, 0) is 59.8 Å². The SMILES string of the molecule is O=C1S/C(=C\c2ccccc2OCc2ccc([N+](=O)[O-])cc2)C(=O)N1c1ccc(Cl)c(Cl)c1. The van der Waals surface area contributed by atoms with E-state index in [2.05, 4.69) is 0 Å². The van der Waals surface area contributed by atoms with Gasteiger partial charge in [0, 0.05) is 17.7 Å². The van der Waals surface area contributed by atoms with Crippen LogP contribution in [-0.2, 0) is 11.4 Å². The standard InChI is InChI=1S/C23H14Cl2N2O5S/c24-18-10-9-17(12-19(18)25)26-22(28)21(33-23(26)29)11-15-3-1-2-4-20(15)32-13-14-5-7-16(8-6-14)27(30)31/h1-12H,13H2/b21-11-. The zero-order valence-electron chi connectivity index (χ0n) is 16.7. The van der Waals surface area contributed by atoms with Gasteiger partial charge in [-0.2, -0.15) is 0 Å². The number of halogens is 2. The molecule has 0 aromatic heterocycles. The molecule has 0 aliphatic carbocycles. The normalized spacial score (nSPS) is 14.7. The summed E-state index contributed by atoms with van der Waals surface area (Å²) < 4.78 is 5.87. The van der Waals surface area contributed by atoms with Crippen molar-refractivity contribution in [1.82, 2.24) is 0 Å². The Morgan fingerprint density at radius 3 is 2.42 bits per heavy atom. The van der Waals surface area contributed by atoms with Crippen LogP contribution in [0.25, 0.3) is 6.08 Å². The zero-order valence-corrected chi connectivity index (χ0v) is 19.1. The van der Waals surface area contributed by atoms with Crippen LogP contribution in [-0.4, -0.2) is 16.1 Å². The summed E-state index contributed by atoms with van der Waals surface area (Å²) in [4.78, 5) is 37.1. The molecule has 33 heavy (non-hydrogen) atoms. The highest BCUT2D eigenvalue weighted by Crippen LogP contribution is 2.38. The van der Waals surface area contributed by atoms with Crippen LogP contribution in [0.3, 0.4) is 0 Å². The lowest BCUT2D eigenvalue weighted by atomic mass is 10.1. The van der Waals surface area contributed by atoms with Gasteiger partial charge >= 0.3 is 0 Å². The summed E-state index contributed by atoms with van der Waals surface area (Å²) in [5.41, 5.74) is 1.68. The minimum absolute atomic E-state index is 0.00292. The highest BCUT2D eigenvalue weighted by molar-refractivity contribution is 8.19. The second kappa shape index (κ2) is 9.66. The number of ether oxygens (including phenoxy) is 1. The van der Waals surface area contributed by atoms with Crippen molar-refractivity contribution in [3.63, 3.8) is 0 Å². The van der Waals surface area contributed by atoms with Crippen molar-refractivity contribution < 1.29 is 19.2 Å². The molecule has 0 radical (unpaired) electrons. The summed E-state index contributed by atoms with van der Waals surface area (Å²) in [5.74, 6) is 0.0192. The lowest BCUT2D eigenvalue weighted by Crippen LogP contribution is -2.27.